The zero-order valence-corrected chi connectivity index (χ0v) is 7.28. The van der Waals surface area contributed by atoms with Crippen molar-refractivity contribution in [3.63, 3.8) is 0 Å². The van der Waals surface area contributed by atoms with Crippen LogP contribution in [0.25, 0.3) is 11.0 Å². The van der Waals surface area contributed by atoms with Crippen LogP contribution < -0.4 is 4.74 Å². The molecule has 0 amide bonds. The fourth-order valence-electron chi connectivity index (χ4n) is 1.34. The Bertz CT molecular complexity index is 417. The minimum absolute atomic E-state index is 0.0855. The van der Waals surface area contributed by atoms with Crippen LogP contribution in [0, 0.1) is 0 Å². The SMILES string of the molecule is COc1cccc2oc(CO)cc12. The third-order valence-corrected chi connectivity index (χ3v) is 1.95. The average Bonchev–Trinajstić information content (AvgIpc) is 2.59. The summed E-state index contributed by atoms with van der Waals surface area (Å²) in [7, 11) is 1.61. The van der Waals surface area contributed by atoms with Crippen LogP contribution in [0.5, 0.6) is 5.75 Å². The van der Waals surface area contributed by atoms with Crippen LogP contribution in [0.3, 0.4) is 0 Å². The largest absolute Gasteiger partial charge is 0.496 e. The highest BCUT2D eigenvalue weighted by Crippen LogP contribution is 2.28. The highest BCUT2D eigenvalue weighted by Gasteiger charge is 2.06. The lowest BCUT2D eigenvalue weighted by atomic mass is 10.2. The van der Waals surface area contributed by atoms with Crippen LogP contribution >= 0.6 is 0 Å². The minimum atomic E-state index is -0.0855. The van der Waals surface area contributed by atoms with Crippen LogP contribution in [0.1, 0.15) is 5.76 Å². The lowest BCUT2D eigenvalue weighted by Gasteiger charge is -1.98. The molecule has 0 aliphatic rings. The normalized spacial score (nSPS) is 10.6. The number of rotatable bonds is 2. The van der Waals surface area contributed by atoms with E-state index in [9.17, 15) is 0 Å². The molecule has 0 atom stereocenters. The number of methoxy groups -OCH3 is 1. The molecular formula is C10H10O3. The third kappa shape index (κ3) is 1.27. The molecule has 1 heterocycles. The van der Waals surface area contributed by atoms with Crippen molar-refractivity contribution in [1.29, 1.82) is 0 Å². The van der Waals surface area contributed by atoms with Gasteiger partial charge >= 0.3 is 0 Å². The second-order valence-corrected chi connectivity index (χ2v) is 2.74. The predicted octanol–water partition coefficient (Wildman–Crippen LogP) is 1.93. The van der Waals surface area contributed by atoms with Crippen molar-refractivity contribution in [3.05, 3.63) is 30.0 Å². The summed E-state index contributed by atoms with van der Waals surface area (Å²) in [6, 6.07) is 7.34. The van der Waals surface area contributed by atoms with Crippen LogP contribution in [0.2, 0.25) is 0 Å². The van der Waals surface area contributed by atoms with Gasteiger partial charge in [-0.15, -0.1) is 0 Å². The smallest absolute Gasteiger partial charge is 0.138 e. The van der Waals surface area contributed by atoms with Gasteiger partial charge in [0, 0.05) is 0 Å². The number of benzene rings is 1. The molecule has 1 aromatic heterocycles. The average molecular weight is 178 g/mol. The van der Waals surface area contributed by atoms with Crippen molar-refractivity contribution in [2.75, 3.05) is 7.11 Å². The first-order valence-corrected chi connectivity index (χ1v) is 4.01. The third-order valence-electron chi connectivity index (χ3n) is 1.95. The summed E-state index contributed by atoms with van der Waals surface area (Å²) in [5.41, 5.74) is 0.739. The van der Waals surface area contributed by atoms with Crippen LogP contribution in [-0.4, -0.2) is 12.2 Å². The number of hydrogen-bond acceptors (Lipinski definition) is 3. The number of fused-ring (bicyclic) bond motifs is 1. The number of aliphatic hydroxyl groups is 1. The van der Waals surface area contributed by atoms with E-state index >= 15 is 0 Å². The molecule has 0 saturated carbocycles. The Labute approximate surface area is 75.5 Å². The van der Waals surface area contributed by atoms with Gasteiger partial charge in [-0.2, -0.15) is 0 Å². The quantitative estimate of drug-likeness (QED) is 0.764. The molecule has 1 aromatic carbocycles. The van der Waals surface area contributed by atoms with Gasteiger partial charge in [0.05, 0.1) is 12.5 Å². The van der Waals surface area contributed by atoms with Crippen molar-refractivity contribution in [3.8, 4) is 5.75 Å². The molecule has 0 spiro atoms. The topological polar surface area (TPSA) is 42.6 Å². The van der Waals surface area contributed by atoms with Crippen molar-refractivity contribution in [2.45, 2.75) is 6.61 Å². The van der Waals surface area contributed by atoms with Crippen molar-refractivity contribution >= 4 is 11.0 Å². The van der Waals surface area contributed by atoms with Gasteiger partial charge in [-0.3, -0.25) is 0 Å². The summed E-state index contributed by atoms with van der Waals surface area (Å²) < 4.78 is 10.5. The van der Waals surface area contributed by atoms with E-state index in [4.69, 9.17) is 14.3 Å². The molecule has 2 aromatic rings. The van der Waals surface area contributed by atoms with E-state index in [-0.39, 0.29) is 6.61 Å². The molecule has 2 rings (SSSR count). The van der Waals surface area contributed by atoms with E-state index in [1.54, 1.807) is 13.2 Å². The first-order valence-electron chi connectivity index (χ1n) is 4.01. The molecule has 0 bridgehead atoms. The standard InChI is InChI=1S/C10H10O3/c1-12-9-3-2-4-10-8(9)5-7(6-11)13-10/h2-5,11H,6H2,1H3. The van der Waals surface area contributed by atoms with Gasteiger partial charge in [-0.05, 0) is 18.2 Å². The van der Waals surface area contributed by atoms with E-state index in [0.717, 1.165) is 16.7 Å². The monoisotopic (exact) mass is 178 g/mol. The van der Waals surface area contributed by atoms with E-state index in [2.05, 4.69) is 0 Å². The first-order chi connectivity index (χ1) is 6.35. The maximum Gasteiger partial charge on any atom is 0.138 e. The van der Waals surface area contributed by atoms with Crippen molar-refractivity contribution in [2.24, 2.45) is 0 Å². The molecule has 3 heteroatoms. The molecule has 3 nitrogen and oxygen atoms in total. The maximum atomic E-state index is 8.87. The Morgan fingerprint density at radius 3 is 3.00 bits per heavy atom. The highest BCUT2D eigenvalue weighted by molar-refractivity contribution is 5.84. The van der Waals surface area contributed by atoms with Crippen LogP contribution in [0.4, 0.5) is 0 Å². The summed E-state index contributed by atoms with van der Waals surface area (Å²) in [6.07, 6.45) is 0. The van der Waals surface area contributed by atoms with Crippen LogP contribution in [-0.2, 0) is 6.61 Å². The molecule has 1 N–H and O–H groups in total. The first kappa shape index (κ1) is 8.13. The number of aliphatic hydroxyl groups excluding tert-OH is 1. The second-order valence-electron chi connectivity index (χ2n) is 2.74. The van der Waals surface area contributed by atoms with Gasteiger partial charge in [0.25, 0.3) is 0 Å². The molecule has 0 saturated heterocycles. The minimum Gasteiger partial charge on any atom is -0.496 e. The van der Waals surface area contributed by atoms with Gasteiger partial charge in [-0.1, -0.05) is 6.07 Å². The van der Waals surface area contributed by atoms with Gasteiger partial charge in [-0.25, -0.2) is 0 Å². The van der Waals surface area contributed by atoms with Gasteiger partial charge in [0.15, 0.2) is 0 Å². The maximum absolute atomic E-state index is 8.87. The lowest BCUT2D eigenvalue weighted by molar-refractivity contribution is 0.251. The molecule has 13 heavy (non-hydrogen) atoms. The zero-order chi connectivity index (χ0) is 9.26. The van der Waals surface area contributed by atoms with Crippen LogP contribution in [0.15, 0.2) is 28.7 Å². The second kappa shape index (κ2) is 3.11. The van der Waals surface area contributed by atoms with Gasteiger partial charge in [0.1, 0.15) is 23.7 Å². The summed E-state index contributed by atoms with van der Waals surface area (Å²) in [5, 5.41) is 9.76. The molecule has 0 radical (unpaired) electrons. The highest BCUT2D eigenvalue weighted by atomic mass is 16.5. The van der Waals surface area contributed by atoms with Gasteiger partial charge in [0.2, 0.25) is 0 Å². The molecule has 0 aliphatic carbocycles. The number of furan rings is 1. The predicted molar refractivity (Wildman–Crippen MR) is 48.7 cm³/mol. The number of hydrogen-bond donors (Lipinski definition) is 1. The molecule has 0 fully saturated rings. The van der Waals surface area contributed by atoms with E-state index in [0.29, 0.717) is 5.76 Å². The van der Waals surface area contributed by atoms with E-state index in [1.165, 1.54) is 0 Å². The summed E-state index contributed by atoms with van der Waals surface area (Å²) >= 11 is 0. The summed E-state index contributed by atoms with van der Waals surface area (Å²) in [5.74, 6) is 1.32. The summed E-state index contributed by atoms with van der Waals surface area (Å²) in [6.45, 7) is -0.0855. The Balaban J connectivity index is 2.67. The Hall–Kier alpha value is -1.48. The van der Waals surface area contributed by atoms with Crippen molar-refractivity contribution in [1.82, 2.24) is 0 Å². The summed E-state index contributed by atoms with van der Waals surface area (Å²) in [4.78, 5) is 0. The fourth-order valence-corrected chi connectivity index (χ4v) is 1.34. The van der Waals surface area contributed by atoms with E-state index in [1.807, 2.05) is 18.2 Å². The molecule has 68 valence electrons. The lowest BCUT2D eigenvalue weighted by Crippen LogP contribution is -1.81. The Morgan fingerprint density at radius 1 is 1.46 bits per heavy atom. The van der Waals surface area contributed by atoms with Crippen molar-refractivity contribution < 1.29 is 14.3 Å². The van der Waals surface area contributed by atoms with E-state index < -0.39 is 0 Å². The number of ether oxygens (including phenoxy) is 1. The fraction of sp³-hybridized carbons (Fsp3) is 0.200. The van der Waals surface area contributed by atoms with Gasteiger partial charge < -0.3 is 14.3 Å². The molecular weight excluding hydrogens is 168 g/mol. The Morgan fingerprint density at radius 2 is 2.31 bits per heavy atom. The Kier molecular flexibility index (Phi) is 1.94. The zero-order valence-electron chi connectivity index (χ0n) is 7.28. The molecule has 0 aliphatic heterocycles. The molecule has 0 unspecified atom stereocenters.